The zero-order valence-electron chi connectivity index (χ0n) is 20.1. The highest BCUT2D eigenvalue weighted by atomic mass is 32.2. The summed E-state index contributed by atoms with van der Waals surface area (Å²) in [6, 6.07) is 5.37. The SMILES string of the molecule is C=CC(=O)N1CC[C@@H](N(C)C(=O)c2cc(Sc3cnc(NC(=O)c4ccsc4)s3)c(C)cc2OC)C1. The number of thiophene rings is 1. The first-order valence-corrected chi connectivity index (χ1v) is 13.7. The number of aromatic nitrogens is 1. The Hall–Kier alpha value is -3.15. The molecule has 2 aromatic heterocycles. The topological polar surface area (TPSA) is 91.8 Å². The molecular formula is C25H26N4O4S3. The molecule has 0 saturated carbocycles. The molecule has 188 valence electrons. The second-order valence-electron chi connectivity index (χ2n) is 8.22. The number of anilines is 1. The number of benzene rings is 1. The van der Waals surface area contributed by atoms with Crippen LogP contribution in [0.2, 0.25) is 0 Å². The number of hydrogen-bond donors (Lipinski definition) is 1. The summed E-state index contributed by atoms with van der Waals surface area (Å²) < 4.78 is 6.41. The van der Waals surface area contributed by atoms with Crippen LogP contribution in [0, 0.1) is 6.92 Å². The average Bonchev–Trinajstić information content (AvgIpc) is 3.66. The summed E-state index contributed by atoms with van der Waals surface area (Å²) in [6.45, 7) is 6.57. The van der Waals surface area contributed by atoms with Gasteiger partial charge in [-0.25, -0.2) is 4.98 Å². The molecule has 8 nitrogen and oxygen atoms in total. The Kier molecular flexibility index (Phi) is 8.12. The van der Waals surface area contributed by atoms with Gasteiger partial charge in [-0.05, 0) is 48.6 Å². The molecule has 11 heteroatoms. The monoisotopic (exact) mass is 542 g/mol. The van der Waals surface area contributed by atoms with Crippen molar-refractivity contribution in [3.8, 4) is 5.75 Å². The van der Waals surface area contributed by atoms with Crippen LogP contribution in [-0.4, -0.2) is 65.8 Å². The number of rotatable bonds is 8. The third-order valence-corrected chi connectivity index (χ3v) is 8.80. The number of carbonyl (C=O) groups excluding carboxylic acids is 3. The third kappa shape index (κ3) is 5.63. The van der Waals surface area contributed by atoms with Crippen LogP contribution in [0.4, 0.5) is 5.13 Å². The summed E-state index contributed by atoms with van der Waals surface area (Å²) >= 11 is 4.31. The standard InChI is InChI=1S/C25H26N4O4S3/c1-5-21(30)29-8-6-17(13-29)28(3)24(32)18-11-20(15(2)10-19(18)33-4)35-22-12-26-25(36-22)27-23(31)16-7-9-34-14-16/h5,7,9-12,14,17H,1,6,8,13H2,2-4H3,(H,26,27,31)/t17-/m1/s1. The Morgan fingerprint density at radius 3 is 2.86 bits per heavy atom. The van der Waals surface area contributed by atoms with Crippen molar-refractivity contribution in [3.63, 3.8) is 0 Å². The molecular weight excluding hydrogens is 517 g/mol. The summed E-state index contributed by atoms with van der Waals surface area (Å²) in [5, 5.41) is 6.97. The maximum atomic E-state index is 13.5. The van der Waals surface area contributed by atoms with Gasteiger partial charge in [0, 0.05) is 30.4 Å². The number of likely N-dealkylation sites (N-methyl/N-ethyl adjacent to an activating group) is 1. The number of amides is 3. The summed E-state index contributed by atoms with van der Waals surface area (Å²) in [5.74, 6) is 0.0118. The van der Waals surface area contributed by atoms with Gasteiger partial charge in [0.15, 0.2) is 5.13 Å². The minimum absolute atomic E-state index is 0.0839. The van der Waals surface area contributed by atoms with Gasteiger partial charge in [0.05, 0.1) is 34.7 Å². The lowest BCUT2D eigenvalue weighted by Crippen LogP contribution is -2.40. The molecule has 1 aliphatic rings. The Labute approximate surface area is 222 Å². The zero-order chi connectivity index (χ0) is 25.8. The molecule has 1 fully saturated rings. The van der Waals surface area contributed by atoms with Crippen molar-refractivity contribution in [1.29, 1.82) is 0 Å². The molecule has 1 saturated heterocycles. The van der Waals surface area contributed by atoms with Gasteiger partial charge in [-0.1, -0.05) is 29.7 Å². The number of nitrogens with one attached hydrogen (secondary N) is 1. The number of hydrogen-bond acceptors (Lipinski definition) is 8. The summed E-state index contributed by atoms with van der Waals surface area (Å²) in [7, 11) is 3.30. The van der Waals surface area contributed by atoms with Gasteiger partial charge in [-0.15, -0.1) is 0 Å². The molecule has 0 unspecified atom stereocenters. The van der Waals surface area contributed by atoms with Gasteiger partial charge in [0.25, 0.3) is 11.8 Å². The molecule has 1 atom stereocenters. The highest BCUT2D eigenvalue weighted by Crippen LogP contribution is 2.38. The van der Waals surface area contributed by atoms with Crippen molar-refractivity contribution in [1.82, 2.24) is 14.8 Å². The van der Waals surface area contributed by atoms with Gasteiger partial charge in [0.1, 0.15) is 5.75 Å². The fourth-order valence-corrected chi connectivity index (χ4v) is 6.46. The van der Waals surface area contributed by atoms with Crippen LogP contribution >= 0.6 is 34.4 Å². The van der Waals surface area contributed by atoms with E-state index in [0.717, 1.165) is 14.7 Å². The Balaban J connectivity index is 1.50. The third-order valence-electron chi connectivity index (χ3n) is 5.94. The number of thiazole rings is 1. The van der Waals surface area contributed by atoms with Gasteiger partial charge in [-0.3, -0.25) is 19.7 Å². The van der Waals surface area contributed by atoms with Crippen LogP contribution < -0.4 is 10.1 Å². The summed E-state index contributed by atoms with van der Waals surface area (Å²) in [5.41, 5.74) is 2.01. The van der Waals surface area contributed by atoms with E-state index in [-0.39, 0.29) is 23.8 Å². The van der Waals surface area contributed by atoms with E-state index in [1.54, 1.807) is 41.6 Å². The first-order chi connectivity index (χ1) is 17.3. The number of likely N-dealkylation sites (tertiary alicyclic amines) is 1. The van der Waals surface area contributed by atoms with Crippen LogP contribution in [0.5, 0.6) is 5.75 Å². The van der Waals surface area contributed by atoms with E-state index in [9.17, 15) is 14.4 Å². The number of ether oxygens (including phenoxy) is 1. The molecule has 3 aromatic rings. The van der Waals surface area contributed by atoms with Gasteiger partial charge in [0.2, 0.25) is 5.91 Å². The fourth-order valence-electron chi connectivity index (χ4n) is 3.89. The molecule has 4 rings (SSSR count). The summed E-state index contributed by atoms with van der Waals surface area (Å²) in [6.07, 6.45) is 3.72. The second-order valence-corrected chi connectivity index (χ2v) is 11.4. The molecule has 0 bridgehead atoms. The zero-order valence-corrected chi connectivity index (χ0v) is 22.6. The molecule has 0 aliphatic carbocycles. The van der Waals surface area contributed by atoms with Crippen LogP contribution in [0.1, 0.15) is 32.7 Å². The first kappa shape index (κ1) is 25.9. The lowest BCUT2D eigenvalue weighted by molar-refractivity contribution is -0.125. The van der Waals surface area contributed by atoms with Crippen molar-refractivity contribution < 1.29 is 19.1 Å². The van der Waals surface area contributed by atoms with E-state index < -0.39 is 0 Å². The van der Waals surface area contributed by atoms with Crippen LogP contribution in [-0.2, 0) is 4.79 Å². The average molecular weight is 543 g/mol. The van der Waals surface area contributed by atoms with Gasteiger partial charge >= 0.3 is 0 Å². The van der Waals surface area contributed by atoms with Gasteiger partial charge in [-0.2, -0.15) is 11.3 Å². The minimum Gasteiger partial charge on any atom is -0.496 e. The molecule has 1 aliphatic heterocycles. The number of nitrogens with zero attached hydrogens (tertiary/aromatic N) is 3. The van der Waals surface area contributed by atoms with E-state index in [4.69, 9.17) is 4.74 Å². The molecule has 36 heavy (non-hydrogen) atoms. The van der Waals surface area contributed by atoms with E-state index in [2.05, 4.69) is 16.9 Å². The molecule has 3 amide bonds. The number of carbonyl (C=O) groups is 3. The molecule has 0 radical (unpaired) electrons. The predicted molar refractivity (Wildman–Crippen MR) is 144 cm³/mol. The Morgan fingerprint density at radius 1 is 1.36 bits per heavy atom. The molecule has 1 N–H and O–H groups in total. The maximum Gasteiger partial charge on any atom is 0.258 e. The Bertz CT molecular complexity index is 1290. The second kappa shape index (κ2) is 11.3. The van der Waals surface area contributed by atoms with E-state index in [1.807, 2.05) is 24.4 Å². The number of aryl methyl sites for hydroxylation is 1. The van der Waals surface area contributed by atoms with Gasteiger partial charge < -0.3 is 14.5 Å². The number of methoxy groups -OCH3 is 1. The van der Waals surface area contributed by atoms with Crippen LogP contribution in [0.3, 0.4) is 0 Å². The van der Waals surface area contributed by atoms with Crippen molar-refractivity contribution in [2.75, 3.05) is 32.6 Å². The largest absolute Gasteiger partial charge is 0.496 e. The van der Waals surface area contributed by atoms with Crippen molar-refractivity contribution in [2.45, 2.75) is 28.5 Å². The fraction of sp³-hybridized carbons (Fsp3) is 0.280. The summed E-state index contributed by atoms with van der Waals surface area (Å²) in [4.78, 5) is 46.3. The predicted octanol–water partition coefficient (Wildman–Crippen LogP) is 4.78. The smallest absolute Gasteiger partial charge is 0.258 e. The molecule has 1 aromatic carbocycles. The molecule has 0 spiro atoms. The highest BCUT2D eigenvalue weighted by molar-refractivity contribution is 8.01. The normalized spacial score (nSPS) is 15.0. The minimum atomic E-state index is -0.195. The van der Waals surface area contributed by atoms with E-state index >= 15 is 0 Å². The lowest BCUT2D eigenvalue weighted by atomic mass is 10.1. The van der Waals surface area contributed by atoms with Crippen molar-refractivity contribution in [2.24, 2.45) is 0 Å². The Morgan fingerprint density at radius 2 is 2.17 bits per heavy atom. The van der Waals surface area contributed by atoms with E-state index in [0.29, 0.717) is 41.5 Å². The van der Waals surface area contributed by atoms with Crippen molar-refractivity contribution in [3.05, 3.63) is 64.5 Å². The highest BCUT2D eigenvalue weighted by Gasteiger charge is 2.31. The quantitative estimate of drug-likeness (QED) is 0.412. The van der Waals surface area contributed by atoms with Crippen LogP contribution in [0.25, 0.3) is 0 Å². The molecule has 3 heterocycles. The van der Waals surface area contributed by atoms with E-state index in [1.165, 1.54) is 40.5 Å². The lowest BCUT2D eigenvalue weighted by Gasteiger charge is -2.26. The first-order valence-electron chi connectivity index (χ1n) is 11.1. The van der Waals surface area contributed by atoms with Crippen molar-refractivity contribution >= 4 is 57.3 Å². The van der Waals surface area contributed by atoms with Crippen LogP contribution in [0.15, 0.2) is 56.9 Å². The maximum absolute atomic E-state index is 13.5.